The zero-order valence-electron chi connectivity index (χ0n) is 14.8. The van der Waals surface area contributed by atoms with E-state index in [9.17, 15) is 9.59 Å². The summed E-state index contributed by atoms with van der Waals surface area (Å²) in [4.78, 5) is 25.6. The molecule has 7 heteroatoms. The van der Waals surface area contributed by atoms with Crippen molar-refractivity contribution in [2.75, 3.05) is 31.0 Å². The summed E-state index contributed by atoms with van der Waals surface area (Å²) >= 11 is 0. The maximum absolute atomic E-state index is 12.3. The molecule has 2 aromatic rings. The van der Waals surface area contributed by atoms with Gasteiger partial charge in [0.05, 0.1) is 25.9 Å². The standard InChI is InChI=1S/C19H19N3O4/c1-13(23)22(16-8-9-17(25-2)18(10-16)26-3)12-19(24)21-15-6-4-14(11-20)5-7-15/h4-10H,12H2,1-3H3,(H,21,24). The van der Waals surface area contributed by atoms with Crippen molar-refractivity contribution in [3.05, 3.63) is 48.0 Å². The molecule has 0 radical (unpaired) electrons. The van der Waals surface area contributed by atoms with Crippen LogP contribution in [0.4, 0.5) is 11.4 Å². The molecule has 0 saturated heterocycles. The molecule has 0 spiro atoms. The van der Waals surface area contributed by atoms with E-state index in [4.69, 9.17) is 14.7 Å². The normalized spacial score (nSPS) is 9.77. The van der Waals surface area contributed by atoms with Crippen LogP contribution in [0.5, 0.6) is 11.5 Å². The predicted octanol–water partition coefficient (Wildman–Crippen LogP) is 2.57. The third kappa shape index (κ3) is 4.51. The number of methoxy groups -OCH3 is 2. The fourth-order valence-corrected chi connectivity index (χ4v) is 2.35. The van der Waals surface area contributed by atoms with Gasteiger partial charge in [0.15, 0.2) is 11.5 Å². The molecule has 0 saturated carbocycles. The highest BCUT2D eigenvalue weighted by Crippen LogP contribution is 2.31. The molecule has 0 bridgehead atoms. The van der Waals surface area contributed by atoms with Crippen LogP contribution in [0.3, 0.4) is 0 Å². The highest BCUT2D eigenvalue weighted by molar-refractivity contribution is 6.02. The number of nitrogens with one attached hydrogen (secondary N) is 1. The summed E-state index contributed by atoms with van der Waals surface area (Å²) in [7, 11) is 3.02. The SMILES string of the molecule is COc1ccc(N(CC(=O)Nc2ccc(C#N)cc2)C(C)=O)cc1OC. The zero-order valence-corrected chi connectivity index (χ0v) is 14.8. The first kappa shape index (κ1) is 18.8. The molecule has 0 heterocycles. The second kappa shape index (κ2) is 8.53. The topological polar surface area (TPSA) is 91.7 Å². The van der Waals surface area contributed by atoms with Crippen molar-refractivity contribution >= 4 is 23.2 Å². The van der Waals surface area contributed by atoms with E-state index in [1.165, 1.54) is 26.0 Å². The number of rotatable bonds is 6. The number of ether oxygens (including phenoxy) is 2. The minimum absolute atomic E-state index is 0.162. The van der Waals surface area contributed by atoms with Crippen molar-refractivity contribution < 1.29 is 19.1 Å². The van der Waals surface area contributed by atoms with E-state index in [0.29, 0.717) is 28.4 Å². The Labute approximate surface area is 151 Å². The molecule has 134 valence electrons. The van der Waals surface area contributed by atoms with E-state index in [2.05, 4.69) is 5.32 Å². The van der Waals surface area contributed by atoms with Gasteiger partial charge in [0.25, 0.3) is 0 Å². The second-order valence-corrected chi connectivity index (χ2v) is 5.38. The molecular formula is C19H19N3O4. The van der Waals surface area contributed by atoms with Crippen molar-refractivity contribution in [3.63, 3.8) is 0 Å². The maximum Gasteiger partial charge on any atom is 0.244 e. The maximum atomic E-state index is 12.3. The summed E-state index contributed by atoms with van der Waals surface area (Å²) in [6, 6.07) is 13.5. The third-order valence-corrected chi connectivity index (χ3v) is 3.66. The Morgan fingerprint density at radius 1 is 1.08 bits per heavy atom. The van der Waals surface area contributed by atoms with Crippen LogP contribution in [0.2, 0.25) is 0 Å². The summed E-state index contributed by atoms with van der Waals surface area (Å²) in [5, 5.41) is 11.5. The van der Waals surface area contributed by atoms with Crippen molar-refractivity contribution in [2.45, 2.75) is 6.92 Å². The lowest BCUT2D eigenvalue weighted by atomic mass is 10.2. The molecule has 0 aliphatic heterocycles. The molecule has 1 N–H and O–H groups in total. The van der Waals surface area contributed by atoms with Crippen LogP contribution in [0.1, 0.15) is 12.5 Å². The quantitative estimate of drug-likeness (QED) is 0.862. The number of amides is 2. The summed E-state index contributed by atoms with van der Waals surface area (Å²) in [5.41, 5.74) is 1.56. The smallest absolute Gasteiger partial charge is 0.244 e. The van der Waals surface area contributed by atoms with Crippen LogP contribution in [0.25, 0.3) is 0 Å². The fraction of sp³-hybridized carbons (Fsp3) is 0.211. The summed E-state index contributed by atoms with van der Waals surface area (Å²) in [6.07, 6.45) is 0. The second-order valence-electron chi connectivity index (χ2n) is 5.38. The molecule has 2 aromatic carbocycles. The van der Waals surface area contributed by atoms with E-state index >= 15 is 0 Å². The molecule has 26 heavy (non-hydrogen) atoms. The molecule has 0 aliphatic carbocycles. The number of hydrogen-bond donors (Lipinski definition) is 1. The third-order valence-electron chi connectivity index (χ3n) is 3.66. The minimum atomic E-state index is -0.361. The summed E-state index contributed by atoms with van der Waals surface area (Å²) in [6.45, 7) is 1.22. The highest BCUT2D eigenvalue weighted by Gasteiger charge is 2.18. The lowest BCUT2D eigenvalue weighted by Gasteiger charge is -2.22. The van der Waals surface area contributed by atoms with Crippen LogP contribution >= 0.6 is 0 Å². The van der Waals surface area contributed by atoms with Crippen LogP contribution in [0.15, 0.2) is 42.5 Å². The molecule has 0 unspecified atom stereocenters. The molecule has 2 rings (SSSR count). The highest BCUT2D eigenvalue weighted by atomic mass is 16.5. The number of benzene rings is 2. The lowest BCUT2D eigenvalue weighted by Crippen LogP contribution is -2.36. The Morgan fingerprint density at radius 2 is 1.73 bits per heavy atom. The van der Waals surface area contributed by atoms with Gasteiger partial charge in [-0.2, -0.15) is 5.26 Å². The molecular weight excluding hydrogens is 334 g/mol. The van der Waals surface area contributed by atoms with Gasteiger partial charge < -0.3 is 19.7 Å². The van der Waals surface area contributed by atoms with E-state index < -0.39 is 0 Å². The molecule has 0 fully saturated rings. The first-order valence-corrected chi connectivity index (χ1v) is 7.78. The number of carbonyl (C=O) groups is 2. The average molecular weight is 353 g/mol. The Hall–Kier alpha value is -3.53. The Bertz CT molecular complexity index is 841. The largest absolute Gasteiger partial charge is 0.493 e. The van der Waals surface area contributed by atoms with Crippen molar-refractivity contribution in [2.24, 2.45) is 0 Å². The van der Waals surface area contributed by atoms with Gasteiger partial charge in [-0.3, -0.25) is 9.59 Å². The minimum Gasteiger partial charge on any atom is -0.493 e. The van der Waals surface area contributed by atoms with Gasteiger partial charge in [-0.25, -0.2) is 0 Å². The Kier molecular flexibility index (Phi) is 6.17. The molecule has 0 aromatic heterocycles. The van der Waals surface area contributed by atoms with Gasteiger partial charge in [0.1, 0.15) is 6.54 Å². The molecule has 0 aliphatic rings. The summed E-state index contributed by atoms with van der Waals surface area (Å²) < 4.78 is 10.4. The van der Waals surface area contributed by atoms with Crippen LogP contribution in [-0.2, 0) is 9.59 Å². The first-order valence-electron chi connectivity index (χ1n) is 7.78. The average Bonchev–Trinajstić information content (AvgIpc) is 2.66. The molecule has 0 atom stereocenters. The fourth-order valence-electron chi connectivity index (χ4n) is 2.35. The van der Waals surface area contributed by atoms with Gasteiger partial charge in [0.2, 0.25) is 11.8 Å². The zero-order chi connectivity index (χ0) is 19.1. The summed E-state index contributed by atoms with van der Waals surface area (Å²) in [5.74, 6) is 0.345. The van der Waals surface area contributed by atoms with Gasteiger partial charge in [0, 0.05) is 24.4 Å². The number of nitriles is 1. The van der Waals surface area contributed by atoms with Crippen molar-refractivity contribution in [3.8, 4) is 17.6 Å². The molecule has 7 nitrogen and oxygen atoms in total. The van der Waals surface area contributed by atoms with Gasteiger partial charge >= 0.3 is 0 Å². The van der Waals surface area contributed by atoms with Crippen molar-refractivity contribution in [1.29, 1.82) is 5.26 Å². The Balaban J connectivity index is 2.16. The lowest BCUT2D eigenvalue weighted by molar-refractivity contribution is -0.120. The van der Waals surface area contributed by atoms with Gasteiger partial charge in [-0.05, 0) is 36.4 Å². The number of hydrogen-bond acceptors (Lipinski definition) is 5. The van der Waals surface area contributed by atoms with Gasteiger partial charge in [-0.1, -0.05) is 0 Å². The van der Waals surface area contributed by atoms with Crippen LogP contribution in [0, 0.1) is 11.3 Å². The van der Waals surface area contributed by atoms with E-state index in [1.54, 1.807) is 42.5 Å². The van der Waals surface area contributed by atoms with Gasteiger partial charge in [-0.15, -0.1) is 0 Å². The van der Waals surface area contributed by atoms with E-state index in [-0.39, 0.29) is 18.4 Å². The van der Waals surface area contributed by atoms with E-state index in [1.807, 2.05) is 6.07 Å². The predicted molar refractivity (Wildman–Crippen MR) is 97.4 cm³/mol. The molecule has 2 amide bonds. The van der Waals surface area contributed by atoms with Crippen LogP contribution in [-0.4, -0.2) is 32.6 Å². The number of carbonyl (C=O) groups excluding carboxylic acids is 2. The number of nitrogens with zero attached hydrogens (tertiary/aromatic N) is 2. The monoisotopic (exact) mass is 353 g/mol. The van der Waals surface area contributed by atoms with E-state index in [0.717, 1.165) is 0 Å². The van der Waals surface area contributed by atoms with Crippen molar-refractivity contribution in [1.82, 2.24) is 0 Å². The number of anilines is 2. The Morgan fingerprint density at radius 3 is 2.27 bits per heavy atom. The van der Waals surface area contributed by atoms with Crippen LogP contribution < -0.4 is 19.7 Å². The first-order chi connectivity index (χ1) is 12.5.